The molecular formula is C11H25NO. The predicted octanol–water partition coefficient (Wildman–Crippen LogP) is 2.29. The Bertz CT molecular complexity index is 121. The lowest BCUT2D eigenvalue weighted by atomic mass is 9.81. The molecule has 0 aromatic heterocycles. The van der Waals surface area contributed by atoms with Gasteiger partial charge in [0.1, 0.15) is 0 Å². The van der Waals surface area contributed by atoms with Crippen LogP contribution in [0.2, 0.25) is 0 Å². The Balaban J connectivity index is 3.41. The summed E-state index contributed by atoms with van der Waals surface area (Å²) < 4.78 is 4.98. The molecule has 0 radical (unpaired) electrons. The summed E-state index contributed by atoms with van der Waals surface area (Å²) in [6.07, 6.45) is 1.10. The molecule has 0 aliphatic rings. The van der Waals surface area contributed by atoms with Crippen LogP contribution in [0.15, 0.2) is 0 Å². The molecule has 80 valence electrons. The molecule has 0 saturated carbocycles. The van der Waals surface area contributed by atoms with Crippen LogP contribution in [0.3, 0.4) is 0 Å². The topological polar surface area (TPSA) is 21.3 Å². The first-order valence-electron chi connectivity index (χ1n) is 5.20. The molecule has 1 N–H and O–H groups in total. The summed E-state index contributed by atoms with van der Waals surface area (Å²) in [5.74, 6) is 0.724. The van der Waals surface area contributed by atoms with E-state index in [1.165, 1.54) is 0 Å². The van der Waals surface area contributed by atoms with Crippen LogP contribution in [-0.4, -0.2) is 26.8 Å². The van der Waals surface area contributed by atoms with Crippen LogP contribution in [0.25, 0.3) is 0 Å². The van der Waals surface area contributed by atoms with Crippen molar-refractivity contribution in [2.24, 2.45) is 11.3 Å². The fourth-order valence-electron chi connectivity index (χ4n) is 0.956. The largest absolute Gasteiger partial charge is 0.385 e. The van der Waals surface area contributed by atoms with Gasteiger partial charge < -0.3 is 10.1 Å². The van der Waals surface area contributed by atoms with Gasteiger partial charge in [-0.1, -0.05) is 27.7 Å². The van der Waals surface area contributed by atoms with Crippen LogP contribution in [0, 0.1) is 11.3 Å². The lowest BCUT2D eigenvalue weighted by Gasteiger charge is -2.29. The summed E-state index contributed by atoms with van der Waals surface area (Å²) in [7, 11) is 1.75. The Morgan fingerprint density at radius 3 is 2.38 bits per heavy atom. The van der Waals surface area contributed by atoms with Gasteiger partial charge >= 0.3 is 0 Å². The van der Waals surface area contributed by atoms with E-state index in [1.54, 1.807) is 7.11 Å². The van der Waals surface area contributed by atoms with Crippen LogP contribution >= 0.6 is 0 Å². The van der Waals surface area contributed by atoms with Gasteiger partial charge in [-0.3, -0.25) is 0 Å². The van der Waals surface area contributed by atoms with Crippen molar-refractivity contribution < 1.29 is 4.74 Å². The zero-order valence-electron chi connectivity index (χ0n) is 9.81. The molecule has 13 heavy (non-hydrogen) atoms. The third-order valence-electron chi connectivity index (χ3n) is 2.85. The van der Waals surface area contributed by atoms with Gasteiger partial charge in [-0.05, 0) is 24.3 Å². The van der Waals surface area contributed by atoms with Gasteiger partial charge in [-0.2, -0.15) is 0 Å². The van der Waals surface area contributed by atoms with Gasteiger partial charge in [0.25, 0.3) is 0 Å². The average Bonchev–Trinajstić information content (AvgIpc) is 2.03. The lowest BCUT2D eigenvalue weighted by molar-refractivity contribution is 0.189. The van der Waals surface area contributed by atoms with E-state index < -0.39 is 0 Å². The highest BCUT2D eigenvalue weighted by Gasteiger charge is 2.21. The Morgan fingerprint density at radius 2 is 1.92 bits per heavy atom. The molecule has 0 aliphatic carbocycles. The molecule has 0 aromatic rings. The standard InChI is InChI=1S/C11H25NO/c1-10(2)11(3,4)9-12-7-6-8-13-5/h10,12H,6-9H2,1-5H3. The third-order valence-corrected chi connectivity index (χ3v) is 2.85. The van der Waals surface area contributed by atoms with E-state index in [4.69, 9.17) is 4.74 Å². The van der Waals surface area contributed by atoms with Crippen LogP contribution in [0.1, 0.15) is 34.1 Å². The van der Waals surface area contributed by atoms with E-state index >= 15 is 0 Å². The van der Waals surface area contributed by atoms with Crippen molar-refractivity contribution in [3.63, 3.8) is 0 Å². The van der Waals surface area contributed by atoms with E-state index in [-0.39, 0.29) is 0 Å². The van der Waals surface area contributed by atoms with Crippen molar-refractivity contribution in [2.75, 3.05) is 26.8 Å². The Hall–Kier alpha value is -0.0800. The summed E-state index contributed by atoms with van der Waals surface area (Å²) in [5.41, 5.74) is 0.396. The molecule has 0 aliphatic heterocycles. The van der Waals surface area contributed by atoms with Gasteiger partial charge in [0.2, 0.25) is 0 Å². The maximum absolute atomic E-state index is 4.98. The van der Waals surface area contributed by atoms with Crippen molar-refractivity contribution in [1.82, 2.24) is 5.32 Å². The molecule has 0 bridgehead atoms. The predicted molar refractivity (Wildman–Crippen MR) is 58.0 cm³/mol. The van der Waals surface area contributed by atoms with Crippen molar-refractivity contribution in [2.45, 2.75) is 34.1 Å². The number of rotatable bonds is 7. The maximum Gasteiger partial charge on any atom is 0.0474 e. The summed E-state index contributed by atoms with van der Waals surface area (Å²) in [5, 5.41) is 3.46. The molecule has 2 heteroatoms. The minimum Gasteiger partial charge on any atom is -0.385 e. The first-order valence-corrected chi connectivity index (χ1v) is 5.20. The number of hydrogen-bond acceptors (Lipinski definition) is 2. The average molecular weight is 187 g/mol. The molecule has 0 amide bonds. The first kappa shape index (κ1) is 12.9. The second-order valence-corrected chi connectivity index (χ2v) is 4.67. The quantitative estimate of drug-likeness (QED) is 0.617. The molecule has 0 saturated heterocycles. The summed E-state index contributed by atoms with van der Waals surface area (Å²) in [6, 6.07) is 0. The van der Waals surface area contributed by atoms with Gasteiger partial charge in [-0.25, -0.2) is 0 Å². The number of ether oxygens (including phenoxy) is 1. The maximum atomic E-state index is 4.98. The zero-order valence-corrected chi connectivity index (χ0v) is 9.81. The Kier molecular flexibility index (Phi) is 6.35. The number of hydrogen-bond donors (Lipinski definition) is 1. The second-order valence-electron chi connectivity index (χ2n) is 4.67. The van der Waals surface area contributed by atoms with Crippen molar-refractivity contribution >= 4 is 0 Å². The fraction of sp³-hybridized carbons (Fsp3) is 1.00. The Morgan fingerprint density at radius 1 is 1.31 bits per heavy atom. The van der Waals surface area contributed by atoms with Crippen LogP contribution < -0.4 is 5.32 Å². The summed E-state index contributed by atoms with van der Waals surface area (Å²) >= 11 is 0. The van der Waals surface area contributed by atoms with E-state index in [2.05, 4.69) is 33.0 Å². The lowest BCUT2D eigenvalue weighted by Crippen LogP contribution is -2.34. The normalized spacial score (nSPS) is 12.5. The third kappa shape index (κ3) is 6.05. The minimum absolute atomic E-state index is 0.396. The molecule has 2 nitrogen and oxygen atoms in total. The molecule has 0 rings (SSSR count). The van der Waals surface area contributed by atoms with E-state index in [0.717, 1.165) is 32.0 Å². The smallest absolute Gasteiger partial charge is 0.0474 e. The molecule has 0 unspecified atom stereocenters. The van der Waals surface area contributed by atoms with Gasteiger partial charge in [0.05, 0.1) is 0 Å². The highest BCUT2D eigenvalue weighted by molar-refractivity contribution is 4.74. The first-order chi connectivity index (χ1) is 6.00. The molecule has 0 atom stereocenters. The van der Waals surface area contributed by atoms with Gasteiger partial charge in [0, 0.05) is 20.3 Å². The Labute approximate surface area is 83.1 Å². The highest BCUT2D eigenvalue weighted by atomic mass is 16.5. The SMILES string of the molecule is COCCCNCC(C)(C)C(C)C. The van der Waals surface area contributed by atoms with E-state index in [0.29, 0.717) is 5.41 Å². The second kappa shape index (κ2) is 6.39. The number of nitrogens with one attached hydrogen (secondary N) is 1. The van der Waals surface area contributed by atoms with E-state index in [1.807, 2.05) is 0 Å². The van der Waals surface area contributed by atoms with Crippen molar-refractivity contribution in [3.05, 3.63) is 0 Å². The number of methoxy groups -OCH3 is 1. The van der Waals surface area contributed by atoms with Crippen LogP contribution in [0.5, 0.6) is 0 Å². The summed E-state index contributed by atoms with van der Waals surface area (Å²) in [4.78, 5) is 0. The van der Waals surface area contributed by atoms with E-state index in [9.17, 15) is 0 Å². The molecule has 0 aromatic carbocycles. The van der Waals surface area contributed by atoms with Crippen LogP contribution in [-0.2, 0) is 4.74 Å². The minimum atomic E-state index is 0.396. The summed E-state index contributed by atoms with van der Waals surface area (Å²) in [6.45, 7) is 12.2. The molecule has 0 fully saturated rings. The monoisotopic (exact) mass is 187 g/mol. The fourth-order valence-corrected chi connectivity index (χ4v) is 0.956. The molecular weight excluding hydrogens is 162 g/mol. The van der Waals surface area contributed by atoms with Crippen molar-refractivity contribution in [3.8, 4) is 0 Å². The van der Waals surface area contributed by atoms with Gasteiger partial charge in [-0.15, -0.1) is 0 Å². The van der Waals surface area contributed by atoms with Gasteiger partial charge in [0.15, 0.2) is 0 Å². The highest BCUT2D eigenvalue weighted by Crippen LogP contribution is 2.24. The molecule has 0 heterocycles. The van der Waals surface area contributed by atoms with Crippen LogP contribution in [0.4, 0.5) is 0 Å². The van der Waals surface area contributed by atoms with Crippen molar-refractivity contribution in [1.29, 1.82) is 0 Å². The molecule has 0 spiro atoms. The zero-order chi connectivity index (χ0) is 10.3.